The van der Waals surface area contributed by atoms with Gasteiger partial charge >= 0.3 is 0 Å². The molecule has 0 saturated carbocycles. The fourth-order valence-electron chi connectivity index (χ4n) is 3.83. The number of morpholine rings is 1. The summed E-state index contributed by atoms with van der Waals surface area (Å²) in [6, 6.07) is 14.1. The van der Waals surface area contributed by atoms with Crippen LogP contribution in [0.2, 0.25) is 0 Å². The van der Waals surface area contributed by atoms with Gasteiger partial charge in [0.1, 0.15) is 0 Å². The molecule has 0 radical (unpaired) electrons. The monoisotopic (exact) mass is 417 g/mol. The molecule has 1 saturated heterocycles. The molecule has 0 aliphatic carbocycles. The summed E-state index contributed by atoms with van der Waals surface area (Å²) in [5, 5.41) is 8.11. The van der Waals surface area contributed by atoms with Crippen molar-refractivity contribution >= 4 is 12.7 Å². The first-order chi connectivity index (χ1) is 15.1. The largest absolute Gasteiger partial charge is 0.379 e. The van der Waals surface area contributed by atoms with Crippen LogP contribution in [0.4, 0.5) is 5.95 Å². The second kappa shape index (κ2) is 9.20. The van der Waals surface area contributed by atoms with Gasteiger partial charge in [-0.25, -0.2) is 4.98 Å². The van der Waals surface area contributed by atoms with Crippen LogP contribution in [0.1, 0.15) is 11.4 Å². The minimum atomic E-state index is 0.351. The zero-order chi connectivity index (χ0) is 21.8. The summed E-state index contributed by atoms with van der Waals surface area (Å²) in [6.45, 7) is 9.63. The van der Waals surface area contributed by atoms with Gasteiger partial charge in [0.05, 0.1) is 30.2 Å². The molecule has 8 nitrogen and oxygen atoms in total. The van der Waals surface area contributed by atoms with E-state index in [1.165, 1.54) is 0 Å². The molecule has 0 unspecified atom stereocenters. The molecule has 1 fully saturated rings. The van der Waals surface area contributed by atoms with Crippen molar-refractivity contribution in [3.63, 3.8) is 0 Å². The number of pyridine rings is 1. The molecule has 3 heterocycles. The Bertz CT molecular complexity index is 1150. The van der Waals surface area contributed by atoms with Crippen LogP contribution in [-0.4, -0.2) is 52.5 Å². The summed E-state index contributed by atoms with van der Waals surface area (Å²) < 4.78 is 7.20. The normalized spacial score (nSPS) is 15.2. The van der Waals surface area contributed by atoms with Gasteiger partial charge in [0.15, 0.2) is 5.49 Å². The summed E-state index contributed by atoms with van der Waals surface area (Å²) in [7, 11) is 1.83. The lowest BCUT2D eigenvalue weighted by atomic mass is 9.99. The predicted octanol–water partition coefficient (Wildman–Crippen LogP) is 2.39. The third kappa shape index (κ3) is 4.55. The Balaban J connectivity index is 1.91. The van der Waals surface area contributed by atoms with Crippen molar-refractivity contribution < 1.29 is 4.74 Å². The maximum Gasteiger partial charge on any atom is 0.202 e. The van der Waals surface area contributed by atoms with E-state index in [2.05, 4.69) is 27.9 Å². The lowest BCUT2D eigenvalue weighted by molar-refractivity contribution is 0.0336. The lowest BCUT2D eigenvalue weighted by Crippen LogP contribution is -2.35. The van der Waals surface area contributed by atoms with E-state index >= 15 is 0 Å². The zero-order valence-electron chi connectivity index (χ0n) is 18.0. The number of ether oxygens (including phenoxy) is 1. The van der Waals surface area contributed by atoms with E-state index in [0.29, 0.717) is 11.4 Å². The topological polar surface area (TPSA) is 93.9 Å². The maximum absolute atomic E-state index is 6.22. The fraction of sp³-hybridized carbons (Fsp3) is 0.304. The van der Waals surface area contributed by atoms with Crippen LogP contribution in [-0.2, 0) is 18.3 Å². The van der Waals surface area contributed by atoms with E-state index in [-0.39, 0.29) is 0 Å². The summed E-state index contributed by atoms with van der Waals surface area (Å²) in [4.78, 5) is 11.8. The molecule has 31 heavy (non-hydrogen) atoms. The van der Waals surface area contributed by atoms with Gasteiger partial charge in [-0.2, -0.15) is 5.10 Å². The lowest BCUT2D eigenvalue weighted by Gasteiger charge is -2.26. The number of aromatic nitrogens is 3. The standard InChI is InChI=1S/C23H27N7O/c1-16-13-18(14-19(26-16)15-30-9-11-31-12-10-30)20-21(17-7-5-4-6-8-17)27-23(24)29(3)22(20)28-25-2/h4-8,13-14H,2,9-12,15H2,1,3H3,(H2,24,27)/b28-22-. The number of nitrogens with zero attached hydrogens (tertiary/aromatic N) is 6. The Hall–Kier alpha value is -3.36. The zero-order valence-corrected chi connectivity index (χ0v) is 18.0. The van der Waals surface area contributed by atoms with Gasteiger partial charge in [0, 0.05) is 44.7 Å². The first kappa shape index (κ1) is 20.9. The van der Waals surface area contributed by atoms with Gasteiger partial charge in [-0.05, 0) is 24.6 Å². The highest BCUT2D eigenvalue weighted by molar-refractivity contribution is 5.81. The van der Waals surface area contributed by atoms with Crippen molar-refractivity contribution in [3.8, 4) is 22.4 Å². The third-order valence-corrected chi connectivity index (χ3v) is 5.35. The minimum Gasteiger partial charge on any atom is -0.379 e. The van der Waals surface area contributed by atoms with Crippen molar-refractivity contribution in [3.05, 3.63) is 59.3 Å². The van der Waals surface area contributed by atoms with Gasteiger partial charge in [-0.3, -0.25) is 14.5 Å². The summed E-state index contributed by atoms with van der Waals surface area (Å²) in [6.07, 6.45) is 0. The molecule has 160 valence electrons. The van der Waals surface area contributed by atoms with Crippen LogP contribution in [0.25, 0.3) is 22.4 Å². The molecule has 4 rings (SSSR count). The highest BCUT2D eigenvalue weighted by Gasteiger charge is 2.18. The molecule has 2 aromatic heterocycles. The van der Waals surface area contributed by atoms with Crippen molar-refractivity contribution in [2.45, 2.75) is 13.5 Å². The van der Waals surface area contributed by atoms with E-state index in [1.807, 2.05) is 50.4 Å². The van der Waals surface area contributed by atoms with E-state index in [0.717, 1.165) is 66.6 Å². The van der Waals surface area contributed by atoms with Gasteiger partial charge in [0.2, 0.25) is 5.95 Å². The molecule has 0 spiro atoms. The number of rotatable bonds is 5. The van der Waals surface area contributed by atoms with E-state index in [1.54, 1.807) is 4.57 Å². The molecule has 0 atom stereocenters. The van der Waals surface area contributed by atoms with Crippen LogP contribution in [0, 0.1) is 6.92 Å². The Morgan fingerprint density at radius 3 is 2.55 bits per heavy atom. The minimum absolute atomic E-state index is 0.351. The van der Waals surface area contributed by atoms with Gasteiger partial charge < -0.3 is 10.5 Å². The molecule has 1 aliphatic rings. The first-order valence-corrected chi connectivity index (χ1v) is 10.3. The Morgan fingerprint density at radius 1 is 1.10 bits per heavy atom. The molecule has 3 aromatic rings. The Kier molecular flexibility index (Phi) is 6.20. The number of benzene rings is 1. The number of aryl methyl sites for hydroxylation is 1. The molecule has 0 bridgehead atoms. The number of hydrogen-bond donors (Lipinski definition) is 1. The summed E-state index contributed by atoms with van der Waals surface area (Å²) in [5.41, 5.74) is 12.3. The van der Waals surface area contributed by atoms with Gasteiger partial charge in [-0.15, -0.1) is 5.10 Å². The SMILES string of the molecule is C=N/N=c1/c(-c2cc(C)nc(CN3CCOCC3)c2)c(-c2ccccc2)nc(N)n1C. The number of anilines is 1. The average molecular weight is 418 g/mol. The van der Waals surface area contributed by atoms with Crippen molar-refractivity contribution in [1.82, 2.24) is 19.4 Å². The quantitative estimate of drug-likeness (QED) is 0.508. The maximum atomic E-state index is 6.22. The van der Waals surface area contributed by atoms with Crippen molar-refractivity contribution in [2.24, 2.45) is 17.3 Å². The highest BCUT2D eigenvalue weighted by Crippen LogP contribution is 2.29. The summed E-state index contributed by atoms with van der Waals surface area (Å²) >= 11 is 0. The van der Waals surface area contributed by atoms with E-state index in [4.69, 9.17) is 20.4 Å². The van der Waals surface area contributed by atoms with Crippen LogP contribution in [0.5, 0.6) is 0 Å². The Labute approximate surface area is 181 Å². The van der Waals surface area contributed by atoms with Crippen LogP contribution in [0.3, 0.4) is 0 Å². The van der Waals surface area contributed by atoms with Gasteiger partial charge in [0.25, 0.3) is 0 Å². The molecule has 1 aromatic carbocycles. The van der Waals surface area contributed by atoms with E-state index < -0.39 is 0 Å². The first-order valence-electron chi connectivity index (χ1n) is 10.3. The van der Waals surface area contributed by atoms with E-state index in [9.17, 15) is 0 Å². The second-order valence-electron chi connectivity index (χ2n) is 7.56. The van der Waals surface area contributed by atoms with Crippen molar-refractivity contribution in [1.29, 1.82) is 0 Å². The van der Waals surface area contributed by atoms with Crippen molar-refractivity contribution in [2.75, 3.05) is 32.0 Å². The van der Waals surface area contributed by atoms with Crippen LogP contribution < -0.4 is 11.2 Å². The molecule has 8 heteroatoms. The number of nitrogen functional groups attached to an aromatic ring is 1. The fourth-order valence-corrected chi connectivity index (χ4v) is 3.83. The van der Waals surface area contributed by atoms with Crippen LogP contribution in [0.15, 0.2) is 52.7 Å². The smallest absolute Gasteiger partial charge is 0.202 e. The molecule has 1 aliphatic heterocycles. The molecule has 2 N–H and O–H groups in total. The predicted molar refractivity (Wildman–Crippen MR) is 122 cm³/mol. The highest BCUT2D eigenvalue weighted by atomic mass is 16.5. The van der Waals surface area contributed by atoms with Crippen LogP contribution >= 0.6 is 0 Å². The Morgan fingerprint density at radius 2 is 1.84 bits per heavy atom. The van der Waals surface area contributed by atoms with Gasteiger partial charge in [-0.1, -0.05) is 30.3 Å². The third-order valence-electron chi connectivity index (χ3n) is 5.35. The number of nitrogens with two attached hydrogens (primary N) is 1. The molecule has 0 amide bonds. The molecular weight excluding hydrogens is 390 g/mol. The average Bonchev–Trinajstić information content (AvgIpc) is 2.77. The number of hydrogen-bond acceptors (Lipinski definition) is 7. The molecular formula is C23H27N7O. The second-order valence-corrected chi connectivity index (χ2v) is 7.56. The summed E-state index contributed by atoms with van der Waals surface area (Å²) in [5.74, 6) is 0.351.